The molecule has 0 aliphatic heterocycles. The van der Waals surface area contributed by atoms with Crippen LogP contribution in [0.1, 0.15) is 80.9 Å². The second-order valence-electron chi connectivity index (χ2n) is 12.1. The summed E-state index contributed by atoms with van der Waals surface area (Å²) >= 11 is 0. The van der Waals surface area contributed by atoms with Crippen LogP contribution in [0.2, 0.25) is 0 Å². The van der Waals surface area contributed by atoms with Gasteiger partial charge in [0.15, 0.2) is 5.83 Å². The lowest BCUT2D eigenvalue weighted by Gasteiger charge is -2.29. The monoisotopic (exact) mass is 658 g/mol. The number of halogens is 8. The molecule has 0 spiro atoms. The predicted octanol–water partition coefficient (Wildman–Crippen LogP) is 12.8. The molecule has 0 atom stereocenters. The fraction of sp³-hybridized carbons (Fsp3) is 0.316. The highest BCUT2D eigenvalue weighted by Crippen LogP contribution is 2.41. The van der Waals surface area contributed by atoms with Gasteiger partial charge in [0.1, 0.15) is 40.9 Å². The lowest BCUT2D eigenvalue weighted by Crippen LogP contribution is -2.25. The van der Waals surface area contributed by atoms with E-state index in [2.05, 4.69) is 6.92 Å². The van der Waals surface area contributed by atoms with Crippen LogP contribution in [0.5, 0.6) is 5.75 Å². The van der Waals surface area contributed by atoms with Crippen molar-refractivity contribution in [2.45, 2.75) is 70.3 Å². The largest absolute Gasteiger partial charge is 0.432 e. The van der Waals surface area contributed by atoms with Crippen LogP contribution in [0.15, 0.2) is 79.1 Å². The molecule has 1 nitrogen and oxygen atoms in total. The first kappa shape index (κ1) is 34.2. The Morgan fingerprint density at radius 2 is 1.36 bits per heavy atom. The predicted molar refractivity (Wildman–Crippen MR) is 167 cm³/mol. The smallest absolute Gasteiger partial charge is 0.429 e. The van der Waals surface area contributed by atoms with Gasteiger partial charge in [0.25, 0.3) is 0 Å². The van der Waals surface area contributed by atoms with Crippen molar-refractivity contribution in [2.24, 2.45) is 5.92 Å². The fourth-order valence-corrected chi connectivity index (χ4v) is 6.35. The Labute approximate surface area is 268 Å². The summed E-state index contributed by atoms with van der Waals surface area (Å²) < 4.78 is 120. The summed E-state index contributed by atoms with van der Waals surface area (Å²) in [6.45, 7) is 2.15. The van der Waals surface area contributed by atoms with Gasteiger partial charge in [-0.3, -0.25) is 0 Å². The van der Waals surface area contributed by atoms with Crippen LogP contribution in [0, 0.1) is 29.2 Å². The summed E-state index contributed by atoms with van der Waals surface area (Å²) in [5.74, 6) is -5.85. The molecular weight excluding hydrogens is 624 g/mol. The van der Waals surface area contributed by atoms with E-state index in [1.54, 1.807) is 0 Å². The van der Waals surface area contributed by atoms with E-state index in [0.717, 1.165) is 68.9 Å². The zero-order valence-electron chi connectivity index (χ0n) is 25.7. The van der Waals surface area contributed by atoms with Gasteiger partial charge in [-0.15, -0.1) is 0 Å². The summed E-state index contributed by atoms with van der Waals surface area (Å²) in [6.07, 6.45) is 3.35. The summed E-state index contributed by atoms with van der Waals surface area (Å²) in [5.41, 5.74) is -0.864. The number of hydrogen-bond donors (Lipinski definition) is 0. The summed E-state index contributed by atoms with van der Waals surface area (Å²) in [5, 5.41) is 0. The highest BCUT2D eigenvalue weighted by atomic mass is 19.3. The molecule has 0 radical (unpaired) electrons. The molecule has 1 fully saturated rings. The molecule has 0 N–H and O–H groups in total. The molecule has 0 aromatic heterocycles. The Balaban J connectivity index is 1.26. The van der Waals surface area contributed by atoms with Gasteiger partial charge in [-0.1, -0.05) is 62.9 Å². The van der Waals surface area contributed by atoms with E-state index in [9.17, 15) is 13.2 Å². The molecule has 0 amide bonds. The molecule has 0 heterocycles. The second kappa shape index (κ2) is 14.7. The molecule has 0 saturated heterocycles. The first-order valence-electron chi connectivity index (χ1n) is 15.7. The lowest BCUT2D eigenvalue weighted by molar-refractivity contribution is -0.189. The van der Waals surface area contributed by atoms with Crippen molar-refractivity contribution in [3.8, 4) is 28.0 Å². The van der Waals surface area contributed by atoms with Crippen LogP contribution in [0.4, 0.5) is 35.1 Å². The molecule has 1 aliphatic carbocycles. The van der Waals surface area contributed by atoms with E-state index < -0.39 is 46.3 Å². The van der Waals surface area contributed by atoms with Crippen molar-refractivity contribution in [1.82, 2.24) is 0 Å². The molecule has 0 unspecified atom stereocenters. The first-order chi connectivity index (χ1) is 22.5. The SMILES string of the molecule is CCCCCC1CCC(c2cc(F)c(C(F)(F)Oc3ccc(-c4ccc(-c5ccc(/C(F)=C/F)c(F)c5)c(F)c4)cc3)c(F)c2)CC1. The Bertz CT molecular complexity index is 1700. The molecule has 4 aromatic rings. The van der Waals surface area contributed by atoms with E-state index in [1.807, 2.05) is 0 Å². The average molecular weight is 659 g/mol. The van der Waals surface area contributed by atoms with Crippen molar-refractivity contribution < 1.29 is 39.9 Å². The Kier molecular flexibility index (Phi) is 10.7. The van der Waals surface area contributed by atoms with Gasteiger partial charge in [0.05, 0.1) is 0 Å². The molecule has 9 heteroatoms. The third-order valence-electron chi connectivity index (χ3n) is 8.93. The van der Waals surface area contributed by atoms with E-state index in [4.69, 9.17) is 4.74 Å². The topological polar surface area (TPSA) is 9.23 Å². The first-order valence-corrected chi connectivity index (χ1v) is 15.7. The lowest BCUT2D eigenvalue weighted by atomic mass is 9.77. The maximum Gasteiger partial charge on any atom is 0.432 e. The van der Waals surface area contributed by atoms with Crippen LogP contribution in [0.25, 0.3) is 28.1 Å². The van der Waals surface area contributed by atoms with Gasteiger partial charge in [0.2, 0.25) is 0 Å². The van der Waals surface area contributed by atoms with Crippen LogP contribution in [-0.4, -0.2) is 0 Å². The van der Waals surface area contributed by atoms with Crippen molar-refractivity contribution in [3.05, 3.63) is 119 Å². The average Bonchev–Trinajstić information content (AvgIpc) is 3.04. The maximum absolute atomic E-state index is 15.1. The minimum absolute atomic E-state index is 0.00593. The molecule has 47 heavy (non-hydrogen) atoms. The molecular formula is C38H34F8O. The highest BCUT2D eigenvalue weighted by molar-refractivity contribution is 5.73. The molecule has 0 bridgehead atoms. The zero-order chi connectivity index (χ0) is 33.7. The number of alkyl halides is 2. The van der Waals surface area contributed by atoms with Gasteiger partial charge in [0, 0.05) is 11.1 Å². The standard InChI is InChI=1S/C38H34F8O/c1-2-3-4-5-23-6-8-25(9-7-23)28-20-34(42)37(35(43)21-28)38(45,46)47-29-14-10-24(11-15-29)26-12-16-30(32(40)18-26)27-13-17-31(33(41)19-27)36(44)22-39/h10-23,25H,2-9H2,1H3/b36-22-. The minimum atomic E-state index is -4.31. The minimum Gasteiger partial charge on any atom is -0.429 e. The van der Waals surface area contributed by atoms with Crippen molar-refractivity contribution in [3.63, 3.8) is 0 Å². The van der Waals surface area contributed by atoms with E-state index in [0.29, 0.717) is 22.6 Å². The van der Waals surface area contributed by atoms with Crippen LogP contribution in [-0.2, 0) is 6.11 Å². The molecule has 1 saturated carbocycles. The van der Waals surface area contributed by atoms with E-state index >= 15 is 22.0 Å². The van der Waals surface area contributed by atoms with Gasteiger partial charge >= 0.3 is 6.11 Å². The van der Waals surface area contributed by atoms with Crippen molar-refractivity contribution >= 4 is 5.83 Å². The molecule has 1 aliphatic rings. The highest BCUT2D eigenvalue weighted by Gasteiger charge is 2.41. The van der Waals surface area contributed by atoms with Gasteiger partial charge in [-0.2, -0.15) is 8.78 Å². The molecule has 4 aromatic carbocycles. The van der Waals surface area contributed by atoms with Crippen molar-refractivity contribution in [2.75, 3.05) is 0 Å². The normalized spacial score (nSPS) is 17.2. The maximum atomic E-state index is 15.1. The third-order valence-corrected chi connectivity index (χ3v) is 8.93. The molecule has 248 valence electrons. The number of rotatable bonds is 11. The van der Waals surface area contributed by atoms with Gasteiger partial charge in [-0.25, -0.2) is 26.3 Å². The van der Waals surface area contributed by atoms with Crippen molar-refractivity contribution in [1.29, 1.82) is 0 Å². The number of benzene rings is 4. The van der Waals surface area contributed by atoms with Crippen LogP contribution >= 0.6 is 0 Å². The van der Waals surface area contributed by atoms with Crippen LogP contribution < -0.4 is 4.74 Å². The quantitative estimate of drug-likeness (QED) is 0.115. The Hall–Kier alpha value is -4.14. The third kappa shape index (κ3) is 7.88. The van der Waals surface area contributed by atoms with Gasteiger partial charge < -0.3 is 4.74 Å². The fourth-order valence-electron chi connectivity index (χ4n) is 6.35. The Morgan fingerprint density at radius 3 is 1.96 bits per heavy atom. The number of hydrogen-bond acceptors (Lipinski definition) is 1. The Morgan fingerprint density at radius 1 is 0.745 bits per heavy atom. The summed E-state index contributed by atoms with van der Waals surface area (Å²) in [7, 11) is 0. The molecule has 5 rings (SSSR count). The summed E-state index contributed by atoms with van der Waals surface area (Å²) in [4.78, 5) is 0. The number of ether oxygens (including phenoxy) is 1. The second-order valence-corrected chi connectivity index (χ2v) is 12.1. The van der Waals surface area contributed by atoms with E-state index in [1.165, 1.54) is 55.3 Å². The van der Waals surface area contributed by atoms with Crippen LogP contribution in [0.3, 0.4) is 0 Å². The van der Waals surface area contributed by atoms with Gasteiger partial charge in [-0.05, 0) is 102 Å². The van der Waals surface area contributed by atoms with E-state index in [-0.39, 0.29) is 29.1 Å². The number of unbranched alkanes of at least 4 members (excludes halogenated alkanes) is 2. The summed E-state index contributed by atoms with van der Waals surface area (Å²) in [6, 6.07) is 14.2. The zero-order valence-corrected chi connectivity index (χ0v) is 25.7.